The first-order chi connectivity index (χ1) is 9.52. The number of hydrogen-bond donors (Lipinski definition) is 0. The molecule has 102 valence electrons. The summed E-state index contributed by atoms with van der Waals surface area (Å²) in [7, 11) is 0. The summed E-state index contributed by atoms with van der Waals surface area (Å²) >= 11 is 0. The summed E-state index contributed by atoms with van der Waals surface area (Å²) < 4.78 is 4.85. The number of nitriles is 1. The van der Waals surface area contributed by atoms with Gasteiger partial charge in [-0.1, -0.05) is 0 Å². The molecule has 1 fully saturated rings. The molecule has 0 N–H and O–H groups in total. The van der Waals surface area contributed by atoms with Crippen LogP contribution >= 0.6 is 0 Å². The van der Waals surface area contributed by atoms with E-state index in [1.165, 1.54) is 31.2 Å². The molecular weight excluding hydrogens is 260 g/mol. The predicted octanol–water partition coefficient (Wildman–Crippen LogP) is 1.41. The fourth-order valence-corrected chi connectivity index (χ4v) is 1.87. The lowest BCUT2D eigenvalue weighted by atomic mass is 10.2. The van der Waals surface area contributed by atoms with Crippen molar-refractivity contribution in [1.29, 1.82) is 5.26 Å². The summed E-state index contributed by atoms with van der Waals surface area (Å²) in [6, 6.07) is 7.73. The molecule has 1 aliphatic heterocycles. The number of nitrogens with zero attached hydrogens (tertiary/aromatic N) is 2. The molecule has 1 saturated heterocycles. The fraction of sp³-hybridized carbons (Fsp3) is 0.286. The highest BCUT2D eigenvalue weighted by molar-refractivity contribution is 6.19. The van der Waals surface area contributed by atoms with E-state index in [2.05, 4.69) is 0 Å². The van der Waals surface area contributed by atoms with Crippen LogP contribution in [-0.4, -0.2) is 23.9 Å². The molecule has 6 heteroatoms. The molecule has 20 heavy (non-hydrogen) atoms. The van der Waals surface area contributed by atoms with Crippen LogP contribution in [0.1, 0.15) is 30.1 Å². The van der Waals surface area contributed by atoms with Crippen molar-refractivity contribution in [2.45, 2.75) is 25.9 Å². The first kappa shape index (κ1) is 13.7. The van der Waals surface area contributed by atoms with Gasteiger partial charge in [0.2, 0.25) is 11.8 Å². The molecule has 1 aliphatic rings. The van der Waals surface area contributed by atoms with Crippen LogP contribution in [0.5, 0.6) is 0 Å². The summed E-state index contributed by atoms with van der Waals surface area (Å²) in [4.78, 5) is 35.9. The quantitative estimate of drug-likeness (QED) is 0.613. The minimum Gasteiger partial charge on any atom is -0.444 e. The number of esters is 1. The first-order valence-electron chi connectivity index (χ1n) is 6.09. The summed E-state index contributed by atoms with van der Waals surface area (Å²) in [5.74, 6) is -1.11. The molecule has 0 spiro atoms. The predicted molar refractivity (Wildman–Crippen MR) is 68.7 cm³/mol. The third kappa shape index (κ3) is 2.67. The lowest BCUT2D eigenvalue weighted by molar-refractivity contribution is -0.121. The van der Waals surface area contributed by atoms with Gasteiger partial charge in [0, 0.05) is 12.8 Å². The van der Waals surface area contributed by atoms with Crippen LogP contribution in [-0.2, 0) is 14.3 Å². The molecule has 0 aliphatic carbocycles. The van der Waals surface area contributed by atoms with Crippen molar-refractivity contribution < 1.29 is 19.1 Å². The molecule has 1 aromatic carbocycles. The summed E-state index contributed by atoms with van der Waals surface area (Å²) in [5.41, 5.74) is 0.692. The molecule has 6 nitrogen and oxygen atoms in total. The second kappa shape index (κ2) is 5.53. The largest absolute Gasteiger partial charge is 0.444 e. The monoisotopic (exact) mass is 272 g/mol. The Morgan fingerprint density at radius 2 is 1.80 bits per heavy atom. The number of amides is 2. The number of imide groups is 1. The van der Waals surface area contributed by atoms with E-state index in [4.69, 9.17) is 10.00 Å². The summed E-state index contributed by atoms with van der Waals surface area (Å²) in [6.45, 7) is 1.47. The second-order valence-electron chi connectivity index (χ2n) is 4.35. The maximum Gasteiger partial charge on any atom is 0.339 e. The van der Waals surface area contributed by atoms with Gasteiger partial charge in [-0.3, -0.25) is 14.5 Å². The van der Waals surface area contributed by atoms with Crippen molar-refractivity contribution in [3.05, 3.63) is 29.8 Å². The number of benzene rings is 1. The van der Waals surface area contributed by atoms with Crippen LogP contribution < -0.4 is 4.90 Å². The number of anilines is 1. The van der Waals surface area contributed by atoms with E-state index in [-0.39, 0.29) is 30.2 Å². The molecule has 2 amide bonds. The fourth-order valence-electron chi connectivity index (χ4n) is 1.87. The van der Waals surface area contributed by atoms with Crippen molar-refractivity contribution in [3.63, 3.8) is 0 Å². The third-order valence-corrected chi connectivity index (χ3v) is 2.88. The Kier molecular flexibility index (Phi) is 3.80. The number of rotatable bonds is 3. The lowest BCUT2D eigenvalue weighted by Crippen LogP contribution is -2.28. The van der Waals surface area contributed by atoms with Crippen LogP contribution in [0.25, 0.3) is 0 Å². The average Bonchev–Trinajstić information content (AvgIpc) is 2.78. The standard InChI is InChI=1S/C14H12N2O4/c1-9(8-15)20-14(19)10-2-4-11(5-3-10)16-12(17)6-7-13(16)18/h2-5,9H,6-7H2,1H3/t9-/m0/s1. The van der Waals surface area contributed by atoms with Crippen LogP contribution in [0.3, 0.4) is 0 Å². The Morgan fingerprint density at radius 3 is 2.30 bits per heavy atom. The molecular formula is C14H12N2O4. The van der Waals surface area contributed by atoms with Crippen LogP contribution in [0, 0.1) is 11.3 Å². The first-order valence-corrected chi connectivity index (χ1v) is 6.09. The molecule has 1 heterocycles. The minimum absolute atomic E-state index is 0.211. The van der Waals surface area contributed by atoms with E-state index in [0.717, 1.165) is 4.90 Å². The van der Waals surface area contributed by atoms with E-state index in [9.17, 15) is 14.4 Å². The number of hydrogen-bond acceptors (Lipinski definition) is 5. The van der Waals surface area contributed by atoms with E-state index < -0.39 is 12.1 Å². The van der Waals surface area contributed by atoms with Crippen LogP contribution in [0.2, 0.25) is 0 Å². The Hall–Kier alpha value is -2.68. The van der Waals surface area contributed by atoms with Crippen LogP contribution in [0.15, 0.2) is 24.3 Å². The van der Waals surface area contributed by atoms with Crippen LogP contribution in [0.4, 0.5) is 5.69 Å². The topological polar surface area (TPSA) is 87.5 Å². The van der Waals surface area contributed by atoms with Gasteiger partial charge >= 0.3 is 5.97 Å². The molecule has 1 atom stereocenters. The van der Waals surface area contributed by atoms with Gasteiger partial charge in [0.05, 0.1) is 11.3 Å². The Labute approximate surface area is 115 Å². The van der Waals surface area contributed by atoms with Gasteiger partial charge in [-0.15, -0.1) is 0 Å². The number of carbonyl (C=O) groups is 3. The lowest BCUT2D eigenvalue weighted by Gasteiger charge is -2.14. The summed E-state index contributed by atoms with van der Waals surface area (Å²) in [5, 5.41) is 8.57. The molecule has 0 unspecified atom stereocenters. The minimum atomic E-state index is -0.830. The average molecular weight is 272 g/mol. The van der Waals surface area contributed by atoms with E-state index >= 15 is 0 Å². The molecule has 0 aromatic heterocycles. The SMILES string of the molecule is C[C@@H](C#N)OC(=O)c1ccc(N2C(=O)CCC2=O)cc1. The van der Waals surface area contributed by atoms with Gasteiger partial charge in [0.15, 0.2) is 6.10 Å². The normalized spacial score (nSPS) is 15.9. The van der Waals surface area contributed by atoms with Gasteiger partial charge in [0.1, 0.15) is 6.07 Å². The summed E-state index contributed by atoms with van der Waals surface area (Å²) in [6.07, 6.45) is -0.408. The third-order valence-electron chi connectivity index (χ3n) is 2.88. The molecule has 2 rings (SSSR count). The van der Waals surface area contributed by atoms with Crippen molar-refractivity contribution in [2.75, 3.05) is 4.90 Å². The van der Waals surface area contributed by atoms with E-state index in [1.807, 2.05) is 0 Å². The van der Waals surface area contributed by atoms with Gasteiger partial charge in [-0.25, -0.2) is 4.79 Å². The maximum atomic E-state index is 11.7. The van der Waals surface area contributed by atoms with E-state index in [0.29, 0.717) is 5.69 Å². The van der Waals surface area contributed by atoms with Gasteiger partial charge in [0.25, 0.3) is 0 Å². The number of ether oxygens (including phenoxy) is 1. The highest BCUT2D eigenvalue weighted by Gasteiger charge is 2.30. The molecule has 0 saturated carbocycles. The zero-order valence-electron chi connectivity index (χ0n) is 10.8. The molecule has 0 radical (unpaired) electrons. The highest BCUT2D eigenvalue weighted by Crippen LogP contribution is 2.23. The smallest absolute Gasteiger partial charge is 0.339 e. The molecule has 0 bridgehead atoms. The van der Waals surface area contributed by atoms with Gasteiger partial charge in [-0.2, -0.15) is 5.26 Å². The van der Waals surface area contributed by atoms with E-state index in [1.54, 1.807) is 6.07 Å². The Balaban J connectivity index is 2.14. The van der Waals surface area contributed by atoms with Crippen molar-refractivity contribution in [2.24, 2.45) is 0 Å². The Morgan fingerprint density at radius 1 is 1.25 bits per heavy atom. The second-order valence-corrected chi connectivity index (χ2v) is 4.35. The highest BCUT2D eigenvalue weighted by atomic mass is 16.5. The van der Waals surface area contributed by atoms with Crippen molar-refractivity contribution in [3.8, 4) is 6.07 Å². The van der Waals surface area contributed by atoms with Crippen molar-refractivity contribution >= 4 is 23.5 Å². The molecule has 1 aromatic rings. The van der Waals surface area contributed by atoms with Gasteiger partial charge < -0.3 is 4.74 Å². The number of carbonyl (C=O) groups excluding carboxylic acids is 3. The maximum absolute atomic E-state index is 11.7. The zero-order valence-corrected chi connectivity index (χ0v) is 10.8. The van der Waals surface area contributed by atoms with Gasteiger partial charge in [-0.05, 0) is 31.2 Å². The van der Waals surface area contributed by atoms with Crippen molar-refractivity contribution in [1.82, 2.24) is 0 Å². The zero-order chi connectivity index (χ0) is 14.7. The Bertz CT molecular complexity index is 585.